The first-order valence-electron chi connectivity index (χ1n) is 11.7. The normalized spacial score (nSPS) is 12.3. The first kappa shape index (κ1) is 27.7. The highest BCUT2D eigenvalue weighted by atomic mass is 19.4. The predicted molar refractivity (Wildman–Crippen MR) is 137 cm³/mol. The molecule has 10 heteroatoms. The largest absolute Gasteiger partial charge is 0.457 e. The topological polar surface area (TPSA) is 70.5 Å². The van der Waals surface area contributed by atoms with Crippen molar-refractivity contribution in [3.8, 4) is 23.0 Å². The lowest BCUT2D eigenvalue weighted by molar-refractivity contribution is -0.340. The van der Waals surface area contributed by atoms with Crippen molar-refractivity contribution >= 4 is 11.4 Å². The minimum atomic E-state index is -5.58. The van der Waals surface area contributed by atoms with Gasteiger partial charge in [-0.3, -0.25) is 0 Å². The standard InChI is InChI=1S/C29H24F6N2O2/c30-28(31,32)27(29(33,34)35,17-19-7-11-23(12-8-19)38-25-5-1-3-21(36)15-25)18-20-9-13-24(14-10-20)39-26-6-2-4-22(37)16-26/h1-16H,17-18,36-37H2. The highest BCUT2D eigenvalue weighted by Crippen LogP contribution is 2.54. The molecule has 0 saturated carbocycles. The number of alkyl halides is 6. The third kappa shape index (κ3) is 6.57. The Morgan fingerprint density at radius 2 is 0.846 bits per heavy atom. The quantitative estimate of drug-likeness (QED) is 0.172. The average molecular weight is 547 g/mol. The minimum Gasteiger partial charge on any atom is -0.457 e. The van der Waals surface area contributed by atoms with E-state index >= 15 is 0 Å². The predicted octanol–water partition coefficient (Wildman–Crippen LogP) is 8.33. The van der Waals surface area contributed by atoms with Gasteiger partial charge < -0.3 is 20.9 Å². The van der Waals surface area contributed by atoms with E-state index in [-0.39, 0.29) is 22.6 Å². The third-order valence-electron chi connectivity index (χ3n) is 6.13. The van der Waals surface area contributed by atoms with Gasteiger partial charge in [-0.25, -0.2) is 0 Å². The van der Waals surface area contributed by atoms with E-state index < -0.39 is 30.6 Å². The molecule has 0 aliphatic rings. The molecular weight excluding hydrogens is 522 g/mol. The van der Waals surface area contributed by atoms with E-state index in [0.29, 0.717) is 22.9 Å². The van der Waals surface area contributed by atoms with Crippen LogP contribution in [0.4, 0.5) is 37.7 Å². The summed E-state index contributed by atoms with van der Waals surface area (Å²) in [5.74, 6) is 1.24. The second-order valence-corrected chi connectivity index (χ2v) is 9.07. The summed E-state index contributed by atoms with van der Waals surface area (Å²) in [6.45, 7) is 0. The summed E-state index contributed by atoms with van der Waals surface area (Å²) in [6, 6.07) is 22.9. The van der Waals surface area contributed by atoms with Gasteiger partial charge in [0, 0.05) is 23.5 Å². The zero-order chi connectivity index (χ0) is 28.3. The molecule has 0 aliphatic heterocycles. The lowest BCUT2D eigenvalue weighted by Gasteiger charge is -2.37. The number of nitrogen functional groups attached to an aromatic ring is 2. The van der Waals surface area contributed by atoms with Crippen LogP contribution in [0.5, 0.6) is 23.0 Å². The fraction of sp³-hybridized carbons (Fsp3) is 0.172. The molecule has 0 unspecified atom stereocenters. The number of rotatable bonds is 8. The second-order valence-electron chi connectivity index (χ2n) is 9.07. The Morgan fingerprint density at radius 3 is 1.15 bits per heavy atom. The molecule has 0 radical (unpaired) electrons. The molecule has 4 nitrogen and oxygen atoms in total. The number of hydrogen-bond acceptors (Lipinski definition) is 4. The molecule has 4 aromatic carbocycles. The summed E-state index contributed by atoms with van der Waals surface area (Å²) in [7, 11) is 0. The Labute approximate surface area is 220 Å². The van der Waals surface area contributed by atoms with E-state index in [0.717, 1.165) is 0 Å². The fourth-order valence-corrected chi connectivity index (χ4v) is 4.10. The van der Waals surface area contributed by atoms with Gasteiger partial charge in [0.05, 0.1) is 0 Å². The molecule has 39 heavy (non-hydrogen) atoms. The van der Waals surface area contributed by atoms with E-state index in [1.54, 1.807) is 36.4 Å². The summed E-state index contributed by atoms with van der Waals surface area (Å²) in [5, 5.41) is 0. The third-order valence-corrected chi connectivity index (χ3v) is 6.13. The van der Waals surface area contributed by atoms with Crippen molar-refractivity contribution in [1.82, 2.24) is 0 Å². The summed E-state index contributed by atoms with van der Waals surface area (Å²) < 4.78 is 96.7. The number of benzene rings is 4. The lowest BCUT2D eigenvalue weighted by atomic mass is 9.75. The molecule has 0 aromatic heterocycles. The van der Waals surface area contributed by atoms with Gasteiger partial charge >= 0.3 is 12.4 Å². The molecule has 0 atom stereocenters. The summed E-state index contributed by atoms with van der Waals surface area (Å²) in [4.78, 5) is 0. The van der Waals surface area contributed by atoms with E-state index in [9.17, 15) is 26.3 Å². The monoisotopic (exact) mass is 546 g/mol. The smallest absolute Gasteiger partial charge is 0.403 e. The minimum absolute atomic E-state index is 0.147. The average Bonchev–Trinajstić information content (AvgIpc) is 2.84. The summed E-state index contributed by atoms with van der Waals surface area (Å²) in [5.41, 5.74) is 7.95. The maximum absolute atomic E-state index is 14.3. The van der Waals surface area contributed by atoms with Gasteiger partial charge in [0.1, 0.15) is 23.0 Å². The van der Waals surface area contributed by atoms with Crippen LogP contribution >= 0.6 is 0 Å². The zero-order valence-electron chi connectivity index (χ0n) is 20.4. The van der Waals surface area contributed by atoms with Crippen LogP contribution in [0, 0.1) is 5.41 Å². The fourth-order valence-electron chi connectivity index (χ4n) is 4.10. The number of nitrogens with two attached hydrogens (primary N) is 2. The Hall–Kier alpha value is -4.34. The lowest BCUT2D eigenvalue weighted by Crippen LogP contribution is -2.53. The van der Waals surface area contributed by atoms with Gasteiger partial charge in [-0.15, -0.1) is 0 Å². The van der Waals surface area contributed by atoms with Gasteiger partial charge in [0.25, 0.3) is 0 Å². The SMILES string of the molecule is Nc1cccc(Oc2ccc(CC(Cc3ccc(Oc4cccc(N)c4)cc3)(C(F)(F)F)C(F)(F)F)cc2)c1. The van der Waals surface area contributed by atoms with Gasteiger partial charge in [-0.2, -0.15) is 26.3 Å². The van der Waals surface area contributed by atoms with E-state index in [4.69, 9.17) is 20.9 Å². The van der Waals surface area contributed by atoms with E-state index in [1.807, 2.05) is 0 Å². The van der Waals surface area contributed by atoms with Crippen LogP contribution < -0.4 is 20.9 Å². The Balaban J connectivity index is 1.57. The highest BCUT2D eigenvalue weighted by molar-refractivity contribution is 5.46. The maximum Gasteiger partial charge on any atom is 0.403 e. The molecular formula is C29H24F6N2O2. The first-order valence-corrected chi connectivity index (χ1v) is 11.7. The van der Waals surface area contributed by atoms with Crippen molar-refractivity contribution in [2.75, 3.05) is 11.5 Å². The van der Waals surface area contributed by atoms with Gasteiger partial charge in [0.2, 0.25) is 0 Å². The van der Waals surface area contributed by atoms with Crippen LogP contribution in [0.3, 0.4) is 0 Å². The van der Waals surface area contributed by atoms with Crippen molar-refractivity contribution in [1.29, 1.82) is 0 Å². The molecule has 0 amide bonds. The molecule has 4 rings (SSSR count). The molecule has 0 heterocycles. The number of halogens is 6. The molecule has 0 saturated heterocycles. The van der Waals surface area contributed by atoms with E-state index in [1.165, 1.54) is 60.7 Å². The molecule has 4 aromatic rings. The molecule has 4 N–H and O–H groups in total. The van der Waals surface area contributed by atoms with Crippen LogP contribution in [0.25, 0.3) is 0 Å². The van der Waals surface area contributed by atoms with Crippen LogP contribution in [0.2, 0.25) is 0 Å². The summed E-state index contributed by atoms with van der Waals surface area (Å²) >= 11 is 0. The Bertz CT molecular complexity index is 1290. The Kier molecular flexibility index (Phi) is 7.67. The van der Waals surface area contributed by atoms with Crippen molar-refractivity contribution in [2.45, 2.75) is 25.2 Å². The van der Waals surface area contributed by atoms with Crippen molar-refractivity contribution in [3.63, 3.8) is 0 Å². The summed E-state index contributed by atoms with van der Waals surface area (Å²) in [6.07, 6.45) is -13.8. The van der Waals surface area contributed by atoms with Crippen molar-refractivity contribution in [3.05, 3.63) is 108 Å². The molecule has 0 aliphatic carbocycles. The second kappa shape index (κ2) is 10.8. The molecule has 0 spiro atoms. The number of ether oxygens (including phenoxy) is 2. The van der Waals surface area contributed by atoms with Crippen LogP contribution in [-0.2, 0) is 12.8 Å². The van der Waals surface area contributed by atoms with Crippen molar-refractivity contribution < 1.29 is 35.8 Å². The van der Waals surface area contributed by atoms with Gasteiger partial charge in [-0.1, -0.05) is 36.4 Å². The van der Waals surface area contributed by atoms with Crippen molar-refractivity contribution in [2.24, 2.45) is 5.41 Å². The van der Waals surface area contributed by atoms with Crippen LogP contribution in [0.1, 0.15) is 11.1 Å². The van der Waals surface area contributed by atoms with E-state index in [2.05, 4.69) is 0 Å². The molecule has 0 bridgehead atoms. The maximum atomic E-state index is 14.3. The number of anilines is 2. The molecule has 204 valence electrons. The van der Waals surface area contributed by atoms with Gasteiger partial charge in [-0.05, 0) is 72.5 Å². The Morgan fingerprint density at radius 1 is 0.487 bits per heavy atom. The molecule has 0 fully saturated rings. The van der Waals surface area contributed by atoms with Crippen LogP contribution in [-0.4, -0.2) is 12.4 Å². The number of hydrogen-bond donors (Lipinski definition) is 2. The first-order chi connectivity index (χ1) is 18.3. The van der Waals surface area contributed by atoms with Gasteiger partial charge in [0.15, 0.2) is 5.41 Å². The zero-order valence-corrected chi connectivity index (χ0v) is 20.4. The highest BCUT2D eigenvalue weighted by Gasteiger charge is 2.69. The van der Waals surface area contributed by atoms with Crippen LogP contribution in [0.15, 0.2) is 97.1 Å².